The van der Waals surface area contributed by atoms with Gasteiger partial charge in [0, 0.05) is 6.54 Å². The first kappa shape index (κ1) is 21.4. The number of benzene rings is 1. The molecule has 1 aliphatic rings. The van der Waals surface area contributed by atoms with Crippen molar-refractivity contribution in [2.24, 2.45) is 5.92 Å². The van der Waals surface area contributed by atoms with Gasteiger partial charge in [0.15, 0.2) is 9.84 Å². The van der Waals surface area contributed by atoms with E-state index in [-0.39, 0.29) is 18.0 Å². The van der Waals surface area contributed by atoms with Crippen molar-refractivity contribution in [3.8, 4) is 0 Å². The summed E-state index contributed by atoms with van der Waals surface area (Å²) in [5, 5.41) is 10.3. The summed E-state index contributed by atoms with van der Waals surface area (Å²) in [4.78, 5) is 23.7. The SMILES string of the molecule is CC(C)C(C(=O)NCCc1cccc(C(=O)O)c1)S(=O)(=O)C1CCCCC1. The summed E-state index contributed by atoms with van der Waals surface area (Å²) in [5.74, 6) is -1.75. The number of carbonyl (C=O) groups is 2. The van der Waals surface area contributed by atoms with Gasteiger partial charge in [-0.1, -0.05) is 45.2 Å². The van der Waals surface area contributed by atoms with E-state index in [0.717, 1.165) is 24.8 Å². The fourth-order valence-corrected chi connectivity index (χ4v) is 6.27. The molecule has 0 spiro atoms. The molecule has 1 fully saturated rings. The molecule has 2 rings (SSSR count). The minimum absolute atomic E-state index is 0.193. The van der Waals surface area contributed by atoms with Crippen LogP contribution in [0.25, 0.3) is 0 Å². The van der Waals surface area contributed by atoms with E-state index in [1.165, 1.54) is 6.07 Å². The highest BCUT2D eigenvalue weighted by molar-refractivity contribution is 7.93. The molecule has 1 aliphatic carbocycles. The van der Waals surface area contributed by atoms with Crippen molar-refractivity contribution in [1.29, 1.82) is 0 Å². The second kappa shape index (κ2) is 9.35. The van der Waals surface area contributed by atoms with Crippen molar-refractivity contribution >= 4 is 21.7 Å². The summed E-state index contributed by atoms with van der Waals surface area (Å²) in [5.41, 5.74) is 0.977. The Labute approximate surface area is 161 Å². The van der Waals surface area contributed by atoms with Crippen molar-refractivity contribution in [3.05, 3.63) is 35.4 Å². The monoisotopic (exact) mass is 395 g/mol. The predicted molar refractivity (Wildman–Crippen MR) is 105 cm³/mol. The fraction of sp³-hybridized carbons (Fsp3) is 0.600. The van der Waals surface area contributed by atoms with Gasteiger partial charge in [-0.05, 0) is 42.9 Å². The fourth-order valence-electron chi connectivity index (χ4n) is 3.72. The molecule has 150 valence electrons. The number of sulfone groups is 1. The second-order valence-corrected chi connectivity index (χ2v) is 9.91. The zero-order chi connectivity index (χ0) is 20.0. The van der Waals surface area contributed by atoms with Gasteiger partial charge in [0.1, 0.15) is 5.25 Å². The molecule has 1 unspecified atom stereocenters. The second-order valence-electron chi connectivity index (χ2n) is 7.56. The lowest BCUT2D eigenvalue weighted by molar-refractivity contribution is -0.121. The van der Waals surface area contributed by atoms with Crippen LogP contribution in [-0.2, 0) is 21.1 Å². The largest absolute Gasteiger partial charge is 0.478 e. The number of carboxylic acid groups (broad SMARTS) is 1. The Morgan fingerprint density at radius 2 is 1.85 bits per heavy atom. The molecule has 0 saturated heterocycles. The van der Waals surface area contributed by atoms with E-state index < -0.39 is 32.2 Å². The van der Waals surface area contributed by atoms with Crippen LogP contribution in [0.3, 0.4) is 0 Å². The van der Waals surface area contributed by atoms with Gasteiger partial charge in [-0.2, -0.15) is 0 Å². The lowest BCUT2D eigenvalue weighted by atomic mass is 10.0. The first-order valence-corrected chi connectivity index (χ1v) is 11.2. The summed E-state index contributed by atoms with van der Waals surface area (Å²) < 4.78 is 26.0. The Bertz CT molecular complexity index is 766. The van der Waals surface area contributed by atoms with Crippen molar-refractivity contribution < 1.29 is 23.1 Å². The molecular weight excluding hydrogens is 366 g/mol. The van der Waals surface area contributed by atoms with Crippen molar-refractivity contribution in [1.82, 2.24) is 5.32 Å². The van der Waals surface area contributed by atoms with Crippen LogP contribution in [0.2, 0.25) is 0 Å². The maximum absolute atomic E-state index is 13.0. The third-order valence-corrected chi connectivity index (χ3v) is 7.99. The Morgan fingerprint density at radius 1 is 1.19 bits per heavy atom. The number of carboxylic acids is 1. The highest BCUT2D eigenvalue weighted by Crippen LogP contribution is 2.29. The molecule has 7 heteroatoms. The van der Waals surface area contributed by atoms with Gasteiger partial charge in [-0.15, -0.1) is 0 Å². The highest BCUT2D eigenvalue weighted by atomic mass is 32.2. The average molecular weight is 396 g/mol. The number of amides is 1. The molecule has 0 aromatic heterocycles. The van der Waals surface area contributed by atoms with Gasteiger partial charge in [0.05, 0.1) is 10.8 Å². The maximum atomic E-state index is 13.0. The zero-order valence-corrected chi connectivity index (χ0v) is 16.8. The summed E-state index contributed by atoms with van der Waals surface area (Å²) in [6.07, 6.45) is 4.58. The van der Waals surface area contributed by atoms with Gasteiger partial charge in [0.2, 0.25) is 5.91 Å². The van der Waals surface area contributed by atoms with E-state index in [1.54, 1.807) is 32.0 Å². The maximum Gasteiger partial charge on any atom is 0.335 e. The topological polar surface area (TPSA) is 101 Å². The molecule has 6 nitrogen and oxygen atoms in total. The van der Waals surface area contributed by atoms with E-state index >= 15 is 0 Å². The minimum Gasteiger partial charge on any atom is -0.478 e. The van der Waals surface area contributed by atoms with Crippen LogP contribution in [0.1, 0.15) is 61.9 Å². The first-order chi connectivity index (χ1) is 12.7. The van der Waals surface area contributed by atoms with Crippen LogP contribution in [0, 0.1) is 5.92 Å². The molecule has 1 amide bonds. The predicted octanol–water partition coefficient (Wildman–Crippen LogP) is 2.82. The van der Waals surface area contributed by atoms with Gasteiger partial charge in [0.25, 0.3) is 0 Å². The van der Waals surface area contributed by atoms with E-state index in [4.69, 9.17) is 5.11 Å². The van der Waals surface area contributed by atoms with Crippen LogP contribution in [0.4, 0.5) is 0 Å². The first-order valence-electron chi connectivity index (χ1n) is 9.56. The number of hydrogen-bond donors (Lipinski definition) is 2. The van der Waals surface area contributed by atoms with E-state index in [2.05, 4.69) is 5.32 Å². The third-order valence-electron chi connectivity index (χ3n) is 5.12. The normalized spacial score (nSPS) is 16.9. The van der Waals surface area contributed by atoms with E-state index in [1.807, 2.05) is 0 Å². The molecule has 1 atom stereocenters. The number of carbonyl (C=O) groups excluding carboxylic acids is 1. The molecule has 1 aromatic rings. The summed E-state index contributed by atoms with van der Waals surface area (Å²) in [6, 6.07) is 6.52. The molecule has 1 saturated carbocycles. The molecule has 0 aliphatic heterocycles. The number of rotatable bonds is 8. The van der Waals surface area contributed by atoms with Crippen molar-refractivity contribution in [3.63, 3.8) is 0 Å². The number of nitrogens with one attached hydrogen (secondary N) is 1. The molecule has 1 aromatic carbocycles. The van der Waals surface area contributed by atoms with Crippen molar-refractivity contribution in [2.45, 2.75) is 62.9 Å². The zero-order valence-electron chi connectivity index (χ0n) is 16.0. The minimum atomic E-state index is -3.53. The molecule has 0 bridgehead atoms. The quantitative estimate of drug-likeness (QED) is 0.705. The smallest absolute Gasteiger partial charge is 0.335 e. The summed E-state index contributed by atoms with van der Waals surface area (Å²) in [6.45, 7) is 3.80. The lowest BCUT2D eigenvalue weighted by Crippen LogP contribution is -2.47. The Balaban J connectivity index is 2.01. The van der Waals surface area contributed by atoms with Gasteiger partial charge in [-0.25, -0.2) is 13.2 Å². The van der Waals surface area contributed by atoms with Crippen molar-refractivity contribution in [2.75, 3.05) is 6.54 Å². The van der Waals surface area contributed by atoms with Crippen LogP contribution in [-0.4, -0.2) is 42.4 Å². The number of hydrogen-bond acceptors (Lipinski definition) is 4. The average Bonchev–Trinajstić information content (AvgIpc) is 2.62. The van der Waals surface area contributed by atoms with Gasteiger partial charge in [-0.3, -0.25) is 4.79 Å². The van der Waals surface area contributed by atoms with Crippen LogP contribution in [0.15, 0.2) is 24.3 Å². The van der Waals surface area contributed by atoms with Gasteiger partial charge >= 0.3 is 5.97 Å². The third kappa shape index (κ3) is 5.54. The Kier molecular flexibility index (Phi) is 7.41. The standard InChI is InChI=1S/C20H29NO5S/c1-14(2)18(27(25,26)17-9-4-3-5-10-17)19(22)21-12-11-15-7-6-8-16(13-15)20(23)24/h6-8,13-14,17-18H,3-5,9-12H2,1-2H3,(H,21,22)(H,23,24). The van der Waals surface area contributed by atoms with Gasteiger partial charge < -0.3 is 10.4 Å². The highest BCUT2D eigenvalue weighted by Gasteiger charge is 2.40. The molecule has 0 heterocycles. The molecule has 27 heavy (non-hydrogen) atoms. The van der Waals surface area contributed by atoms with Crippen LogP contribution < -0.4 is 5.32 Å². The lowest BCUT2D eigenvalue weighted by Gasteiger charge is -2.28. The van der Waals surface area contributed by atoms with E-state index in [9.17, 15) is 18.0 Å². The van der Waals surface area contributed by atoms with E-state index in [0.29, 0.717) is 19.3 Å². The molecule has 0 radical (unpaired) electrons. The Morgan fingerprint density at radius 3 is 2.44 bits per heavy atom. The van der Waals surface area contributed by atoms with Crippen LogP contribution in [0.5, 0.6) is 0 Å². The summed E-state index contributed by atoms with van der Waals surface area (Å²) >= 11 is 0. The molecular formula is C20H29NO5S. The number of aromatic carboxylic acids is 1. The molecule has 2 N–H and O–H groups in total. The Hall–Kier alpha value is -1.89. The van der Waals surface area contributed by atoms with Crippen LogP contribution >= 0.6 is 0 Å². The summed E-state index contributed by atoms with van der Waals surface area (Å²) in [7, 11) is -3.53.